The van der Waals surface area contributed by atoms with Gasteiger partial charge in [-0.3, -0.25) is 4.79 Å². The molecule has 0 bridgehead atoms. The summed E-state index contributed by atoms with van der Waals surface area (Å²) in [4.78, 5) is 11.7. The van der Waals surface area contributed by atoms with Gasteiger partial charge in [0.05, 0.1) is 10.5 Å². The smallest absolute Gasteiger partial charge is 0.156 e. The first-order valence-corrected chi connectivity index (χ1v) is 6.90. The van der Waals surface area contributed by atoms with E-state index in [1.54, 1.807) is 6.92 Å². The Morgan fingerprint density at radius 1 is 1.21 bits per heavy atom. The van der Waals surface area contributed by atoms with Crippen LogP contribution in [0.2, 0.25) is 0 Å². The summed E-state index contributed by atoms with van der Waals surface area (Å²) in [7, 11) is -3.02. The van der Waals surface area contributed by atoms with E-state index in [1.165, 1.54) is 0 Å². The van der Waals surface area contributed by atoms with Crippen LogP contribution < -0.4 is 0 Å². The fraction of sp³-hybridized carbons (Fsp3) is 0.900. The minimum atomic E-state index is -3.02. The Morgan fingerprint density at radius 3 is 2.57 bits per heavy atom. The van der Waals surface area contributed by atoms with Gasteiger partial charge in [-0.1, -0.05) is 12.8 Å². The van der Waals surface area contributed by atoms with Crippen LogP contribution in [0.25, 0.3) is 0 Å². The normalized spacial score (nSPS) is 41.8. The van der Waals surface area contributed by atoms with Crippen molar-refractivity contribution in [2.24, 2.45) is 5.92 Å². The standard InChI is InChI=1S/C10H16O3S/c1-7-6-9(11)8-4-2-3-5-10(8)14(7,12)13/h7-8,10H,2-6H2,1H3/t7-,8+,10+/m1/s1. The van der Waals surface area contributed by atoms with Crippen LogP contribution in [-0.4, -0.2) is 24.7 Å². The molecule has 3 atom stereocenters. The number of sulfone groups is 1. The van der Waals surface area contributed by atoms with Gasteiger partial charge in [-0.05, 0) is 19.8 Å². The molecule has 1 saturated carbocycles. The van der Waals surface area contributed by atoms with E-state index in [0.29, 0.717) is 6.42 Å². The summed E-state index contributed by atoms with van der Waals surface area (Å²) in [5.41, 5.74) is 0. The third-order valence-corrected chi connectivity index (χ3v) is 6.28. The van der Waals surface area contributed by atoms with Crippen LogP contribution in [0.15, 0.2) is 0 Å². The molecule has 0 radical (unpaired) electrons. The largest absolute Gasteiger partial charge is 0.299 e. The first-order valence-electron chi connectivity index (χ1n) is 5.29. The van der Waals surface area contributed by atoms with Crippen LogP contribution >= 0.6 is 0 Å². The van der Waals surface area contributed by atoms with Crippen LogP contribution in [-0.2, 0) is 14.6 Å². The van der Waals surface area contributed by atoms with Crippen molar-refractivity contribution in [1.82, 2.24) is 0 Å². The molecule has 0 aromatic rings. The van der Waals surface area contributed by atoms with Crippen molar-refractivity contribution in [2.75, 3.05) is 0 Å². The van der Waals surface area contributed by atoms with Crippen molar-refractivity contribution < 1.29 is 13.2 Å². The molecule has 0 spiro atoms. The van der Waals surface area contributed by atoms with Gasteiger partial charge in [0.1, 0.15) is 5.78 Å². The molecule has 4 heteroatoms. The molecule has 2 aliphatic rings. The SMILES string of the molecule is C[C@@H]1CC(=O)[C@@H]2CCCC[C@@H]2S1(=O)=O. The zero-order chi connectivity index (χ0) is 10.3. The lowest BCUT2D eigenvalue weighted by Gasteiger charge is -2.36. The highest BCUT2D eigenvalue weighted by atomic mass is 32.2. The maximum atomic E-state index is 11.9. The Balaban J connectivity index is 2.35. The highest BCUT2D eigenvalue weighted by Crippen LogP contribution is 2.37. The summed E-state index contributed by atoms with van der Waals surface area (Å²) >= 11 is 0. The lowest BCUT2D eigenvalue weighted by molar-refractivity contribution is -0.124. The van der Waals surface area contributed by atoms with E-state index in [2.05, 4.69) is 0 Å². The Morgan fingerprint density at radius 2 is 1.86 bits per heavy atom. The highest BCUT2D eigenvalue weighted by Gasteiger charge is 2.46. The summed E-state index contributed by atoms with van der Waals surface area (Å²) in [5, 5.41) is -0.804. The van der Waals surface area contributed by atoms with Crippen LogP contribution in [0, 0.1) is 5.92 Å². The molecular formula is C10H16O3S. The fourth-order valence-electron chi connectivity index (χ4n) is 2.71. The molecular weight excluding hydrogens is 200 g/mol. The molecule has 0 N–H and O–H groups in total. The van der Waals surface area contributed by atoms with E-state index < -0.39 is 15.1 Å². The van der Waals surface area contributed by atoms with Crippen LogP contribution in [0.4, 0.5) is 0 Å². The molecule has 0 aromatic heterocycles. The third kappa shape index (κ3) is 1.40. The molecule has 0 aromatic carbocycles. The first-order chi connectivity index (χ1) is 6.53. The van der Waals surface area contributed by atoms with Crippen molar-refractivity contribution >= 4 is 15.6 Å². The first kappa shape index (κ1) is 10.1. The number of hydrogen-bond donors (Lipinski definition) is 0. The number of carbonyl (C=O) groups is 1. The van der Waals surface area contributed by atoms with Gasteiger partial charge in [0.15, 0.2) is 9.84 Å². The number of hydrogen-bond acceptors (Lipinski definition) is 3. The second kappa shape index (κ2) is 3.33. The molecule has 1 saturated heterocycles. The van der Waals surface area contributed by atoms with Gasteiger partial charge in [-0.25, -0.2) is 8.42 Å². The van der Waals surface area contributed by atoms with Crippen LogP contribution in [0.3, 0.4) is 0 Å². The van der Waals surface area contributed by atoms with Gasteiger partial charge in [0, 0.05) is 12.3 Å². The molecule has 14 heavy (non-hydrogen) atoms. The molecule has 80 valence electrons. The van der Waals surface area contributed by atoms with E-state index in [9.17, 15) is 13.2 Å². The fourth-order valence-corrected chi connectivity index (χ4v) is 4.94. The van der Waals surface area contributed by atoms with E-state index in [4.69, 9.17) is 0 Å². The maximum Gasteiger partial charge on any atom is 0.156 e. The average molecular weight is 216 g/mol. The average Bonchev–Trinajstić information content (AvgIpc) is 2.16. The van der Waals surface area contributed by atoms with Gasteiger partial charge in [-0.2, -0.15) is 0 Å². The molecule has 2 rings (SSSR count). The van der Waals surface area contributed by atoms with E-state index in [0.717, 1.165) is 19.3 Å². The Labute approximate surface area is 84.8 Å². The molecule has 2 fully saturated rings. The molecule has 1 heterocycles. The summed E-state index contributed by atoms with van der Waals surface area (Å²) in [6.45, 7) is 1.66. The maximum absolute atomic E-state index is 11.9. The van der Waals surface area contributed by atoms with Gasteiger partial charge in [0.2, 0.25) is 0 Å². The number of ketones is 1. The van der Waals surface area contributed by atoms with Gasteiger partial charge in [0.25, 0.3) is 0 Å². The quantitative estimate of drug-likeness (QED) is 0.613. The number of rotatable bonds is 0. The van der Waals surface area contributed by atoms with Crippen molar-refractivity contribution in [1.29, 1.82) is 0 Å². The zero-order valence-corrected chi connectivity index (χ0v) is 9.22. The minimum absolute atomic E-state index is 0.176. The number of Topliss-reactive ketones (excluding diaryl/α,β-unsaturated/α-hetero) is 1. The topological polar surface area (TPSA) is 51.2 Å². The highest BCUT2D eigenvalue weighted by molar-refractivity contribution is 7.92. The van der Waals surface area contributed by atoms with Crippen LogP contribution in [0.1, 0.15) is 39.0 Å². The van der Waals surface area contributed by atoms with Crippen LogP contribution in [0.5, 0.6) is 0 Å². The summed E-state index contributed by atoms with van der Waals surface area (Å²) in [6, 6.07) is 0. The summed E-state index contributed by atoms with van der Waals surface area (Å²) in [6.07, 6.45) is 3.69. The van der Waals surface area contributed by atoms with E-state index >= 15 is 0 Å². The molecule has 3 nitrogen and oxygen atoms in total. The lowest BCUT2D eigenvalue weighted by atomic mass is 9.84. The van der Waals surface area contributed by atoms with Gasteiger partial charge >= 0.3 is 0 Å². The van der Waals surface area contributed by atoms with Crippen molar-refractivity contribution in [2.45, 2.75) is 49.5 Å². The monoisotopic (exact) mass is 216 g/mol. The van der Waals surface area contributed by atoms with E-state index in [-0.39, 0.29) is 23.4 Å². The predicted octanol–water partition coefficient (Wildman–Crippen LogP) is 1.32. The summed E-state index contributed by atoms with van der Waals surface area (Å²) in [5.74, 6) is 0.00183. The zero-order valence-electron chi connectivity index (χ0n) is 8.40. The second-order valence-electron chi connectivity index (χ2n) is 4.50. The second-order valence-corrected chi connectivity index (χ2v) is 7.09. The Hall–Kier alpha value is -0.380. The van der Waals surface area contributed by atoms with Gasteiger partial charge in [-0.15, -0.1) is 0 Å². The van der Waals surface area contributed by atoms with Gasteiger partial charge < -0.3 is 0 Å². The Bertz CT molecular complexity index is 344. The Kier molecular flexibility index (Phi) is 2.41. The predicted molar refractivity (Wildman–Crippen MR) is 53.8 cm³/mol. The van der Waals surface area contributed by atoms with E-state index in [1.807, 2.05) is 0 Å². The number of fused-ring (bicyclic) bond motifs is 1. The summed E-state index contributed by atoms with van der Waals surface area (Å²) < 4.78 is 23.9. The minimum Gasteiger partial charge on any atom is -0.299 e. The van der Waals surface area contributed by atoms with Crippen molar-refractivity contribution in [3.05, 3.63) is 0 Å². The number of carbonyl (C=O) groups excluding carboxylic acids is 1. The molecule has 1 aliphatic carbocycles. The van der Waals surface area contributed by atoms with Crippen molar-refractivity contribution in [3.63, 3.8) is 0 Å². The molecule has 0 unspecified atom stereocenters. The third-order valence-electron chi connectivity index (χ3n) is 3.59. The van der Waals surface area contributed by atoms with Crippen molar-refractivity contribution in [3.8, 4) is 0 Å². The molecule has 1 aliphatic heterocycles. The lowest BCUT2D eigenvalue weighted by Crippen LogP contribution is -2.47. The molecule has 0 amide bonds.